The molecule has 3 N–H and O–H groups in total. The van der Waals surface area contributed by atoms with Crippen LogP contribution in [0.5, 0.6) is 0 Å². The molecule has 0 unspecified atom stereocenters. The molecule has 5 nitrogen and oxygen atoms in total. The van der Waals surface area contributed by atoms with Gasteiger partial charge in [0.05, 0.1) is 6.54 Å². The molecule has 0 aliphatic rings. The highest BCUT2D eigenvalue weighted by atomic mass is 16.1. The summed E-state index contributed by atoms with van der Waals surface area (Å²) >= 11 is 0. The molecule has 0 heterocycles. The number of benzene rings is 2. The lowest BCUT2D eigenvalue weighted by Crippen LogP contribution is -2.37. The van der Waals surface area contributed by atoms with E-state index in [-0.39, 0.29) is 5.91 Å². The van der Waals surface area contributed by atoms with Crippen LogP contribution in [0.25, 0.3) is 0 Å². The summed E-state index contributed by atoms with van der Waals surface area (Å²) in [7, 11) is 0. The molecule has 0 fully saturated rings. The van der Waals surface area contributed by atoms with Crippen molar-refractivity contribution in [3.05, 3.63) is 71.3 Å². The number of aryl methyl sites for hydroxylation is 1. The summed E-state index contributed by atoms with van der Waals surface area (Å²) in [6.07, 6.45) is 2.09. The van der Waals surface area contributed by atoms with Crippen LogP contribution in [0.3, 0.4) is 0 Å². The Morgan fingerprint density at radius 2 is 1.63 bits per heavy atom. The van der Waals surface area contributed by atoms with Gasteiger partial charge in [0, 0.05) is 25.2 Å². The van der Waals surface area contributed by atoms with E-state index in [0.717, 1.165) is 37.5 Å². The molecule has 2 aromatic carbocycles. The number of aliphatic imine (C=N–C) groups is 1. The molecule has 0 radical (unpaired) electrons. The third-order valence-electron chi connectivity index (χ3n) is 4.07. The average molecular weight is 367 g/mol. The molecule has 5 heteroatoms. The van der Waals surface area contributed by atoms with Gasteiger partial charge in [-0.15, -0.1) is 0 Å². The normalized spacial score (nSPS) is 11.1. The number of nitrogens with one attached hydrogen (secondary N) is 3. The van der Waals surface area contributed by atoms with Crippen LogP contribution in [0, 0.1) is 0 Å². The summed E-state index contributed by atoms with van der Waals surface area (Å²) in [5.41, 5.74) is 3.04. The van der Waals surface area contributed by atoms with E-state index < -0.39 is 0 Å². The first kappa shape index (κ1) is 20.5. The first-order valence-electron chi connectivity index (χ1n) is 9.66. The maximum absolute atomic E-state index is 12.0. The van der Waals surface area contributed by atoms with E-state index in [9.17, 15) is 4.79 Å². The minimum atomic E-state index is -0.0470. The van der Waals surface area contributed by atoms with E-state index in [1.54, 1.807) is 0 Å². The summed E-state index contributed by atoms with van der Waals surface area (Å²) in [5.74, 6) is 0.753. The number of carbonyl (C=O) groups excluding carboxylic acids is 1. The summed E-state index contributed by atoms with van der Waals surface area (Å²) in [4.78, 5) is 16.6. The van der Waals surface area contributed by atoms with Gasteiger partial charge in [0.25, 0.3) is 5.91 Å². The Morgan fingerprint density at radius 3 is 2.37 bits per heavy atom. The van der Waals surface area contributed by atoms with Crippen LogP contribution in [-0.4, -0.2) is 31.5 Å². The Kier molecular flexibility index (Phi) is 8.90. The fraction of sp³-hybridized carbons (Fsp3) is 0.364. The minimum Gasteiger partial charge on any atom is -0.357 e. The van der Waals surface area contributed by atoms with Crippen LogP contribution >= 0.6 is 0 Å². The second-order valence-corrected chi connectivity index (χ2v) is 6.27. The maximum Gasteiger partial charge on any atom is 0.251 e. The van der Waals surface area contributed by atoms with Crippen molar-refractivity contribution in [3.63, 3.8) is 0 Å². The Hall–Kier alpha value is -2.82. The van der Waals surface area contributed by atoms with Gasteiger partial charge >= 0.3 is 0 Å². The Labute approximate surface area is 162 Å². The highest BCUT2D eigenvalue weighted by molar-refractivity contribution is 5.94. The molecule has 0 aromatic heterocycles. The highest BCUT2D eigenvalue weighted by Crippen LogP contribution is 2.07. The van der Waals surface area contributed by atoms with Gasteiger partial charge in [-0.1, -0.05) is 42.5 Å². The number of hydrogen-bond acceptors (Lipinski definition) is 2. The molecule has 0 saturated carbocycles. The molecule has 0 aliphatic carbocycles. The van der Waals surface area contributed by atoms with E-state index in [4.69, 9.17) is 0 Å². The quantitative estimate of drug-likeness (QED) is 0.363. The van der Waals surface area contributed by atoms with E-state index >= 15 is 0 Å². The molecule has 27 heavy (non-hydrogen) atoms. The lowest BCUT2D eigenvalue weighted by molar-refractivity contribution is 0.0955. The molecule has 0 spiro atoms. The highest BCUT2D eigenvalue weighted by Gasteiger charge is 2.05. The molecule has 1 amide bonds. The van der Waals surface area contributed by atoms with Crippen LogP contribution in [0.15, 0.2) is 59.6 Å². The van der Waals surface area contributed by atoms with Crippen LogP contribution in [-0.2, 0) is 13.0 Å². The van der Waals surface area contributed by atoms with Crippen molar-refractivity contribution in [2.75, 3.05) is 19.6 Å². The number of carbonyl (C=O) groups is 1. The number of amides is 1. The Bertz CT molecular complexity index is 728. The van der Waals surface area contributed by atoms with E-state index in [0.29, 0.717) is 18.7 Å². The molecule has 0 aliphatic heterocycles. The smallest absolute Gasteiger partial charge is 0.251 e. The number of rotatable bonds is 9. The minimum absolute atomic E-state index is 0.0470. The topological polar surface area (TPSA) is 65.5 Å². The Morgan fingerprint density at radius 1 is 0.889 bits per heavy atom. The summed E-state index contributed by atoms with van der Waals surface area (Å²) < 4.78 is 0. The van der Waals surface area contributed by atoms with Crippen molar-refractivity contribution in [3.8, 4) is 0 Å². The van der Waals surface area contributed by atoms with Gasteiger partial charge in [-0.05, 0) is 49.9 Å². The first-order chi connectivity index (χ1) is 13.2. The second-order valence-electron chi connectivity index (χ2n) is 6.27. The maximum atomic E-state index is 12.0. The standard InChI is InChI=1S/C22H30N4O/c1-3-23-21(27)20-14-8-12-19(16-20)17-26-22(24-4-2)25-15-9-13-18-10-6-5-7-11-18/h5-8,10-12,14,16H,3-4,9,13,15,17H2,1-2H3,(H,23,27)(H2,24,25,26). The molecule has 0 bridgehead atoms. The van der Waals surface area contributed by atoms with Crippen LogP contribution in [0.2, 0.25) is 0 Å². The fourth-order valence-electron chi connectivity index (χ4n) is 2.73. The zero-order chi connectivity index (χ0) is 19.3. The SMILES string of the molecule is CCNC(=O)c1cccc(CN=C(NCC)NCCCc2ccccc2)c1. The molecule has 2 aromatic rings. The van der Waals surface area contributed by atoms with Gasteiger partial charge < -0.3 is 16.0 Å². The van der Waals surface area contributed by atoms with Crippen molar-refractivity contribution in [2.45, 2.75) is 33.2 Å². The zero-order valence-corrected chi connectivity index (χ0v) is 16.3. The molecular weight excluding hydrogens is 336 g/mol. The lowest BCUT2D eigenvalue weighted by Gasteiger charge is -2.11. The number of hydrogen-bond donors (Lipinski definition) is 3. The molecular formula is C22H30N4O. The van der Waals surface area contributed by atoms with Gasteiger partial charge in [0.1, 0.15) is 0 Å². The molecule has 144 valence electrons. The third-order valence-corrected chi connectivity index (χ3v) is 4.07. The lowest BCUT2D eigenvalue weighted by atomic mass is 10.1. The largest absolute Gasteiger partial charge is 0.357 e. The van der Waals surface area contributed by atoms with Crippen LogP contribution < -0.4 is 16.0 Å². The van der Waals surface area contributed by atoms with Gasteiger partial charge in [-0.25, -0.2) is 4.99 Å². The van der Waals surface area contributed by atoms with Crippen molar-refractivity contribution >= 4 is 11.9 Å². The Balaban J connectivity index is 1.87. The van der Waals surface area contributed by atoms with Crippen molar-refractivity contribution in [2.24, 2.45) is 4.99 Å². The van der Waals surface area contributed by atoms with Crippen molar-refractivity contribution in [1.82, 2.24) is 16.0 Å². The van der Waals surface area contributed by atoms with Crippen LogP contribution in [0.1, 0.15) is 41.8 Å². The van der Waals surface area contributed by atoms with Crippen molar-refractivity contribution in [1.29, 1.82) is 0 Å². The van der Waals surface area contributed by atoms with E-state index in [2.05, 4.69) is 52.1 Å². The summed E-state index contributed by atoms with van der Waals surface area (Å²) in [6, 6.07) is 18.1. The number of nitrogens with zero attached hydrogens (tertiary/aromatic N) is 1. The molecule has 0 atom stereocenters. The predicted molar refractivity (Wildman–Crippen MR) is 112 cm³/mol. The van der Waals surface area contributed by atoms with Gasteiger partial charge in [0.15, 0.2) is 5.96 Å². The third kappa shape index (κ3) is 7.52. The monoisotopic (exact) mass is 366 g/mol. The number of guanidine groups is 1. The summed E-state index contributed by atoms with van der Waals surface area (Å²) in [5, 5.41) is 9.47. The van der Waals surface area contributed by atoms with E-state index in [1.807, 2.05) is 37.3 Å². The predicted octanol–water partition coefficient (Wildman–Crippen LogP) is 3.12. The summed E-state index contributed by atoms with van der Waals surface area (Å²) in [6.45, 7) is 6.79. The van der Waals surface area contributed by atoms with Gasteiger partial charge in [0.2, 0.25) is 0 Å². The van der Waals surface area contributed by atoms with Gasteiger partial charge in [-0.3, -0.25) is 4.79 Å². The fourth-order valence-corrected chi connectivity index (χ4v) is 2.73. The molecule has 2 rings (SSSR count). The molecule has 0 saturated heterocycles. The first-order valence-corrected chi connectivity index (χ1v) is 9.66. The van der Waals surface area contributed by atoms with Crippen LogP contribution in [0.4, 0.5) is 0 Å². The second kappa shape index (κ2) is 11.7. The zero-order valence-electron chi connectivity index (χ0n) is 16.3. The average Bonchev–Trinajstić information content (AvgIpc) is 2.70. The van der Waals surface area contributed by atoms with E-state index in [1.165, 1.54) is 5.56 Å². The van der Waals surface area contributed by atoms with Crippen molar-refractivity contribution < 1.29 is 4.79 Å². The van der Waals surface area contributed by atoms with Gasteiger partial charge in [-0.2, -0.15) is 0 Å².